The van der Waals surface area contributed by atoms with Gasteiger partial charge in [0.15, 0.2) is 6.29 Å². The van der Waals surface area contributed by atoms with Gasteiger partial charge in [-0.2, -0.15) is 0 Å². The Morgan fingerprint density at radius 2 is 2.15 bits per heavy atom. The molecule has 0 unspecified atom stereocenters. The zero-order chi connectivity index (χ0) is 9.84. The quantitative estimate of drug-likeness (QED) is 0.471. The second-order valence-corrected chi connectivity index (χ2v) is 2.45. The van der Waals surface area contributed by atoms with Crippen molar-refractivity contribution in [1.29, 1.82) is 0 Å². The average molecular weight is 180 g/mol. The van der Waals surface area contributed by atoms with Crippen LogP contribution < -0.4 is 10.2 Å². The van der Waals surface area contributed by atoms with E-state index in [1.807, 2.05) is 0 Å². The molecule has 13 heavy (non-hydrogen) atoms. The highest BCUT2D eigenvalue weighted by Gasteiger charge is 2.18. The smallest absolute Gasteiger partial charge is 0.489 e. The predicted octanol–water partition coefficient (Wildman–Crippen LogP) is -0.813. The molecule has 0 aliphatic heterocycles. The van der Waals surface area contributed by atoms with Crippen LogP contribution in [-0.2, 0) is 0 Å². The molecule has 68 valence electrons. The number of carbonyl (C=O) groups excluding carboxylic acids is 1. The summed E-state index contributed by atoms with van der Waals surface area (Å²) in [5.74, 6) is 0.334. The van der Waals surface area contributed by atoms with Crippen molar-refractivity contribution in [2.75, 3.05) is 7.11 Å². The van der Waals surface area contributed by atoms with Gasteiger partial charge in [-0.3, -0.25) is 4.79 Å². The number of benzene rings is 1. The Morgan fingerprint density at radius 1 is 1.46 bits per heavy atom. The molecule has 0 amide bonds. The lowest BCUT2D eigenvalue weighted by molar-refractivity contribution is 0.112. The minimum Gasteiger partial charge on any atom is -0.496 e. The van der Waals surface area contributed by atoms with E-state index in [4.69, 9.17) is 14.8 Å². The Balaban J connectivity index is 3.27. The molecule has 5 heteroatoms. The topological polar surface area (TPSA) is 66.8 Å². The van der Waals surface area contributed by atoms with Gasteiger partial charge in [-0.25, -0.2) is 0 Å². The van der Waals surface area contributed by atoms with Crippen LogP contribution in [-0.4, -0.2) is 30.6 Å². The van der Waals surface area contributed by atoms with Crippen LogP contribution in [0.3, 0.4) is 0 Å². The summed E-state index contributed by atoms with van der Waals surface area (Å²) < 4.78 is 4.87. The molecule has 0 aromatic heterocycles. The summed E-state index contributed by atoms with van der Waals surface area (Å²) in [6.45, 7) is 0. The van der Waals surface area contributed by atoms with Gasteiger partial charge < -0.3 is 14.8 Å². The van der Waals surface area contributed by atoms with E-state index >= 15 is 0 Å². The number of hydrogen-bond acceptors (Lipinski definition) is 4. The normalized spacial score (nSPS) is 9.46. The van der Waals surface area contributed by atoms with Gasteiger partial charge in [0.05, 0.1) is 12.7 Å². The van der Waals surface area contributed by atoms with Crippen molar-refractivity contribution in [3.63, 3.8) is 0 Å². The van der Waals surface area contributed by atoms with E-state index in [0.29, 0.717) is 12.0 Å². The van der Waals surface area contributed by atoms with E-state index in [2.05, 4.69) is 0 Å². The van der Waals surface area contributed by atoms with E-state index in [1.165, 1.54) is 13.2 Å². The summed E-state index contributed by atoms with van der Waals surface area (Å²) in [5.41, 5.74) is 0.314. The molecule has 4 nitrogen and oxygen atoms in total. The molecule has 1 rings (SSSR count). The minimum absolute atomic E-state index is 0.148. The molecule has 1 aromatic rings. The van der Waals surface area contributed by atoms with Gasteiger partial charge in [0, 0.05) is 0 Å². The lowest BCUT2D eigenvalue weighted by atomic mass is 9.77. The third-order valence-electron chi connectivity index (χ3n) is 1.72. The van der Waals surface area contributed by atoms with Crippen molar-refractivity contribution in [3.8, 4) is 5.75 Å². The van der Waals surface area contributed by atoms with Gasteiger partial charge in [0.25, 0.3) is 0 Å². The summed E-state index contributed by atoms with van der Waals surface area (Å²) in [6.07, 6.45) is 0.535. The molecule has 0 bridgehead atoms. The lowest BCUT2D eigenvalue weighted by Crippen LogP contribution is -2.33. The van der Waals surface area contributed by atoms with Crippen LogP contribution in [0.2, 0.25) is 0 Å². The number of carbonyl (C=O) groups is 1. The van der Waals surface area contributed by atoms with Crippen molar-refractivity contribution in [3.05, 3.63) is 23.8 Å². The van der Waals surface area contributed by atoms with E-state index in [-0.39, 0.29) is 11.0 Å². The van der Waals surface area contributed by atoms with Crippen molar-refractivity contribution >= 4 is 18.9 Å². The third kappa shape index (κ3) is 1.88. The predicted molar refractivity (Wildman–Crippen MR) is 48.2 cm³/mol. The molecule has 1 aromatic carbocycles. The molecule has 0 fully saturated rings. The Hall–Kier alpha value is -1.33. The monoisotopic (exact) mass is 180 g/mol. The molecule has 0 atom stereocenters. The maximum atomic E-state index is 10.6. The summed E-state index contributed by atoms with van der Waals surface area (Å²) in [5, 5.41) is 17.8. The van der Waals surface area contributed by atoms with Crippen molar-refractivity contribution in [1.82, 2.24) is 0 Å². The fourth-order valence-corrected chi connectivity index (χ4v) is 1.09. The van der Waals surface area contributed by atoms with E-state index in [1.54, 1.807) is 12.1 Å². The minimum atomic E-state index is -1.66. The van der Waals surface area contributed by atoms with Gasteiger partial charge in [-0.15, -0.1) is 0 Å². The van der Waals surface area contributed by atoms with Crippen molar-refractivity contribution in [2.24, 2.45) is 0 Å². The van der Waals surface area contributed by atoms with Crippen LogP contribution >= 0.6 is 0 Å². The molecule has 0 saturated carbocycles. The van der Waals surface area contributed by atoms with Crippen molar-refractivity contribution < 1.29 is 19.6 Å². The summed E-state index contributed by atoms with van der Waals surface area (Å²) >= 11 is 0. The molecular formula is C8H9BO4. The largest absolute Gasteiger partial charge is 0.496 e. The first-order chi connectivity index (χ1) is 6.20. The van der Waals surface area contributed by atoms with Gasteiger partial charge in [-0.1, -0.05) is 12.1 Å². The van der Waals surface area contributed by atoms with Crippen LogP contribution in [0.25, 0.3) is 0 Å². The fraction of sp³-hybridized carbons (Fsp3) is 0.125. The molecule has 0 saturated heterocycles. The van der Waals surface area contributed by atoms with Gasteiger partial charge in [0.2, 0.25) is 0 Å². The Labute approximate surface area is 75.9 Å². The first-order valence-corrected chi connectivity index (χ1v) is 3.69. The Bertz CT molecular complexity index is 311. The molecule has 0 radical (unpaired) electrons. The zero-order valence-corrected chi connectivity index (χ0v) is 7.10. The second kappa shape index (κ2) is 4.07. The summed E-state index contributed by atoms with van der Waals surface area (Å²) in [6, 6.07) is 4.62. The lowest BCUT2D eigenvalue weighted by Gasteiger charge is -2.07. The summed E-state index contributed by atoms with van der Waals surface area (Å²) in [7, 11) is -0.245. The number of ether oxygens (including phenoxy) is 1. The first kappa shape index (κ1) is 9.76. The Kier molecular flexibility index (Phi) is 3.05. The maximum absolute atomic E-state index is 10.6. The number of rotatable bonds is 3. The molecular weight excluding hydrogens is 171 g/mol. The molecule has 0 heterocycles. The SMILES string of the molecule is COc1cccc(B(O)O)c1C=O. The maximum Gasteiger partial charge on any atom is 0.489 e. The number of hydrogen-bond donors (Lipinski definition) is 2. The second-order valence-electron chi connectivity index (χ2n) is 2.45. The van der Waals surface area contributed by atoms with Crippen LogP contribution in [0.4, 0.5) is 0 Å². The van der Waals surface area contributed by atoms with Crippen LogP contribution in [0, 0.1) is 0 Å². The molecule has 0 aliphatic rings. The summed E-state index contributed by atoms with van der Waals surface area (Å²) in [4.78, 5) is 10.6. The first-order valence-electron chi connectivity index (χ1n) is 3.69. The van der Waals surface area contributed by atoms with Gasteiger partial charge >= 0.3 is 7.12 Å². The molecule has 0 spiro atoms. The highest BCUT2D eigenvalue weighted by Crippen LogP contribution is 2.13. The van der Waals surface area contributed by atoms with E-state index < -0.39 is 7.12 Å². The number of methoxy groups -OCH3 is 1. The van der Waals surface area contributed by atoms with Crippen LogP contribution in [0.5, 0.6) is 5.75 Å². The molecule has 0 aliphatic carbocycles. The van der Waals surface area contributed by atoms with Gasteiger partial charge in [0.1, 0.15) is 5.75 Å². The zero-order valence-electron chi connectivity index (χ0n) is 7.10. The average Bonchev–Trinajstić information content (AvgIpc) is 2.16. The standard InChI is InChI=1S/C8H9BO4/c1-13-8-4-2-3-7(9(11)12)6(8)5-10/h2-5,11-12H,1H3. The molecule has 2 N–H and O–H groups in total. The van der Waals surface area contributed by atoms with Gasteiger partial charge in [-0.05, 0) is 11.5 Å². The van der Waals surface area contributed by atoms with Crippen LogP contribution in [0.15, 0.2) is 18.2 Å². The van der Waals surface area contributed by atoms with E-state index in [0.717, 1.165) is 0 Å². The van der Waals surface area contributed by atoms with Crippen molar-refractivity contribution in [2.45, 2.75) is 0 Å². The third-order valence-corrected chi connectivity index (χ3v) is 1.72. The fourth-order valence-electron chi connectivity index (χ4n) is 1.09. The Morgan fingerprint density at radius 3 is 2.62 bits per heavy atom. The highest BCUT2D eigenvalue weighted by molar-refractivity contribution is 6.60. The highest BCUT2D eigenvalue weighted by atomic mass is 16.5. The van der Waals surface area contributed by atoms with E-state index in [9.17, 15) is 4.79 Å². The van der Waals surface area contributed by atoms with Crippen LogP contribution in [0.1, 0.15) is 10.4 Å². The number of aldehydes is 1.